The lowest BCUT2D eigenvalue weighted by molar-refractivity contribution is 0.247. The minimum Gasteiger partial charge on any atom is -0.328 e. The van der Waals surface area contributed by atoms with Gasteiger partial charge in [0.05, 0.1) is 4.90 Å². The summed E-state index contributed by atoms with van der Waals surface area (Å²) in [5.41, 5.74) is 5.78. The molecule has 7 heteroatoms. The first-order chi connectivity index (χ1) is 8.82. The fourth-order valence-electron chi connectivity index (χ4n) is 2.32. The van der Waals surface area contributed by atoms with Crippen LogP contribution in [0.15, 0.2) is 23.1 Å². The Kier molecular flexibility index (Phi) is 3.89. The van der Waals surface area contributed by atoms with Crippen molar-refractivity contribution in [2.24, 2.45) is 5.73 Å². The number of halogens is 2. The van der Waals surface area contributed by atoms with E-state index in [4.69, 9.17) is 5.73 Å². The summed E-state index contributed by atoms with van der Waals surface area (Å²) in [5, 5.41) is 0. The minimum absolute atomic E-state index is 0.0218. The van der Waals surface area contributed by atoms with Crippen molar-refractivity contribution in [3.63, 3.8) is 0 Å². The van der Waals surface area contributed by atoms with E-state index in [-0.39, 0.29) is 17.0 Å². The van der Waals surface area contributed by atoms with Crippen LogP contribution < -0.4 is 5.73 Å². The molecule has 0 aromatic heterocycles. The van der Waals surface area contributed by atoms with Crippen molar-refractivity contribution in [2.45, 2.75) is 36.7 Å². The highest BCUT2D eigenvalue weighted by Crippen LogP contribution is 2.25. The summed E-state index contributed by atoms with van der Waals surface area (Å²) in [5.74, 6) is -2.23. The van der Waals surface area contributed by atoms with Crippen LogP contribution in [0.25, 0.3) is 0 Å². The second-order valence-corrected chi connectivity index (χ2v) is 6.72. The Hall–Kier alpha value is -1.05. The van der Waals surface area contributed by atoms with Crippen LogP contribution in [-0.4, -0.2) is 31.4 Å². The summed E-state index contributed by atoms with van der Waals surface area (Å²) in [4.78, 5) is -0.228. The molecule has 2 rings (SSSR count). The van der Waals surface area contributed by atoms with Crippen LogP contribution in [0.3, 0.4) is 0 Å². The van der Waals surface area contributed by atoms with Crippen molar-refractivity contribution in [1.29, 1.82) is 0 Å². The molecule has 1 saturated heterocycles. The number of nitrogens with zero attached hydrogens (tertiary/aromatic N) is 1. The normalized spacial score (nSPS) is 25.5. The molecule has 4 nitrogen and oxygen atoms in total. The monoisotopic (exact) mass is 290 g/mol. The summed E-state index contributed by atoms with van der Waals surface area (Å²) in [6.45, 7) is 2.06. The van der Waals surface area contributed by atoms with Gasteiger partial charge in [-0.3, -0.25) is 0 Å². The van der Waals surface area contributed by atoms with E-state index < -0.39 is 21.7 Å². The molecule has 1 aromatic rings. The molecule has 2 N–H and O–H groups in total. The Bertz CT molecular complexity index is 577. The average molecular weight is 290 g/mol. The predicted octanol–water partition coefficient (Wildman–Crippen LogP) is 1.47. The largest absolute Gasteiger partial charge is 0.328 e. The minimum atomic E-state index is -3.80. The molecule has 0 saturated carbocycles. The second-order valence-electron chi connectivity index (χ2n) is 4.83. The number of benzene rings is 1. The van der Waals surface area contributed by atoms with Crippen LogP contribution in [0.4, 0.5) is 8.78 Å². The van der Waals surface area contributed by atoms with Crippen molar-refractivity contribution < 1.29 is 17.2 Å². The van der Waals surface area contributed by atoms with Crippen molar-refractivity contribution >= 4 is 10.0 Å². The predicted molar refractivity (Wildman–Crippen MR) is 66.9 cm³/mol. The van der Waals surface area contributed by atoms with E-state index in [0.29, 0.717) is 25.5 Å². The van der Waals surface area contributed by atoms with E-state index in [2.05, 4.69) is 0 Å². The van der Waals surface area contributed by atoms with Gasteiger partial charge in [-0.05, 0) is 38.0 Å². The van der Waals surface area contributed by atoms with E-state index >= 15 is 0 Å². The van der Waals surface area contributed by atoms with Crippen molar-refractivity contribution in [3.05, 3.63) is 29.8 Å². The lowest BCUT2D eigenvalue weighted by Gasteiger charge is -2.35. The Morgan fingerprint density at radius 2 is 2.00 bits per heavy atom. The number of hydrogen-bond acceptors (Lipinski definition) is 3. The van der Waals surface area contributed by atoms with Gasteiger partial charge >= 0.3 is 0 Å². The zero-order valence-electron chi connectivity index (χ0n) is 10.5. The lowest BCUT2D eigenvalue weighted by Crippen LogP contribution is -2.48. The van der Waals surface area contributed by atoms with Gasteiger partial charge in [-0.2, -0.15) is 4.31 Å². The van der Waals surface area contributed by atoms with Crippen molar-refractivity contribution in [1.82, 2.24) is 4.31 Å². The van der Waals surface area contributed by atoms with Crippen molar-refractivity contribution in [2.75, 3.05) is 6.54 Å². The molecule has 0 amide bonds. The number of hydrogen-bond donors (Lipinski definition) is 1. The Morgan fingerprint density at radius 3 is 2.58 bits per heavy atom. The fourth-order valence-corrected chi connectivity index (χ4v) is 3.99. The van der Waals surface area contributed by atoms with Gasteiger partial charge in [0.1, 0.15) is 0 Å². The van der Waals surface area contributed by atoms with E-state index in [1.165, 1.54) is 4.31 Å². The topological polar surface area (TPSA) is 63.4 Å². The molecular formula is C12H16F2N2O2S. The maximum absolute atomic E-state index is 13.2. The molecule has 0 radical (unpaired) electrons. The fraction of sp³-hybridized carbons (Fsp3) is 0.500. The molecule has 1 aromatic carbocycles. The van der Waals surface area contributed by atoms with Gasteiger partial charge < -0.3 is 5.73 Å². The smallest absolute Gasteiger partial charge is 0.243 e. The molecule has 0 spiro atoms. The summed E-state index contributed by atoms with van der Waals surface area (Å²) in [7, 11) is -3.80. The van der Waals surface area contributed by atoms with Gasteiger partial charge in [0.25, 0.3) is 0 Å². The summed E-state index contributed by atoms with van der Waals surface area (Å²) < 4.78 is 52.0. The van der Waals surface area contributed by atoms with Gasteiger partial charge in [0, 0.05) is 18.6 Å². The molecule has 0 aliphatic carbocycles. The van der Waals surface area contributed by atoms with Gasteiger partial charge in [-0.25, -0.2) is 17.2 Å². The number of piperidine rings is 1. The van der Waals surface area contributed by atoms with Crippen molar-refractivity contribution in [3.8, 4) is 0 Å². The Morgan fingerprint density at radius 1 is 1.32 bits per heavy atom. The molecule has 1 aliphatic rings. The van der Waals surface area contributed by atoms with E-state index in [1.54, 1.807) is 6.92 Å². The zero-order valence-corrected chi connectivity index (χ0v) is 11.3. The summed E-state index contributed by atoms with van der Waals surface area (Å²) >= 11 is 0. The highest BCUT2D eigenvalue weighted by Gasteiger charge is 2.33. The van der Waals surface area contributed by atoms with Crippen LogP contribution in [0.1, 0.15) is 19.8 Å². The number of rotatable bonds is 2. The molecule has 2 atom stereocenters. The van der Waals surface area contributed by atoms with Gasteiger partial charge in [0.2, 0.25) is 10.0 Å². The third-order valence-electron chi connectivity index (χ3n) is 3.35. The third-order valence-corrected chi connectivity index (χ3v) is 5.36. The van der Waals surface area contributed by atoms with Crippen LogP contribution in [-0.2, 0) is 10.0 Å². The maximum atomic E-state index is 13.2. The highest BCUT2D eigenvalue weighted by atomic mass is 32.2. The number of sulfonamides is 1. The molecular weight excluding hydrogens is 274 g/mol. The van der Waals surface area contributed by atoms with E-state index in [0.717, 1.165) is 12.1 Å². The molecule has 0 bridgehead atoms. The molecule has 1 aliphatic heterocycles. The van der Waals surface area contributed by atoms with E-state index in [9.17, 15) is 17.2 Å². The zero-order chi connectivity index (χ0) is 14.2. The molecule has 1 heterocycles. The lowest BCUT2D eigenvalue weighted by atomic mass is 10.0. The SMILES string of the molecule is C[C@@H]1C[C@@H](N)CCN1S(=O)(=O)c1ccc(F)c(F)c1. The van der Waals surface area contributed by atoms with Crippen LogP contribution >= 0.6 is 0 Å². The highest BCUT2D eigenvalue weighted by molar-refractivity contribution is 7.89. The Balaban J connectivity index is 2.34. The molecule has 0 unspecified atom stereocenters. The Labute approximate surface area is 111 Å². The van der Waals surface area contributed by atoms with Crippen LogP contribution in [0, 0.1) is 11.6 Å². The van der Waals surface area contributed by atoms with Gasteiger partial charge in [-0.1, -0.05) is 0 Å². The quantitative estimate of drug-likeness (QED) is 0.897. The first-order valence-electron chi connectivity index (χ1n) is 6.05. The third kappa shape index (κ3) is 2.77. The number of nitrogens with two attached hydrogens (primary N) is 1. The van der Waals surface area contributed by atoms with E-state index in [1.807, 2.05) is 0 Å². The summed E-state index contributed by atoms with van der Waals surface area (Å²) in [6, 6.07) is 2.34. The maximum Gasteiger partial charge on any atom is 0.243 e. The van der Waals surface area contributed by atoms with Gasteiger partial charge in [-0.15, -0.1) is 0 Å². The van der Waals surface area contributed by atoms with Gasteiger partial charge in [0.15, 0.2) is 11.6 Å². The van der Waals surface area contributed by atoms with Crippen LogP contribution in [0.5, 0.6) is 0 Å². The first kappa shape index (κ1) is 14.4. The summed E-state index contributed by atoms with van der Waals surface area (Å²) in [6.07, 6.45) is 1.12. The molecule has 106 valence electrons. The van der Waals surface area contributed by atoms with Crippen LogP contribution in [0.2, 0.25) is 0 Å². The standard InChI is InChI=1S/C12H16F2N2O2S/c1-8-6-9(15)4-5-16(8)19(17,18)10-2-3-11(13)12(14)7-10/h2-3,7-9H,4-6,15H2,1H3/t8-,9+/m1/s1. The molecule has 1 fully saturated rings. The average Bonchev–Trinajstić information content (AvgIpc) is 2.32. The first-order valence-corrected chi connectivity index (χ1v) is 7.49. The second kappa shape index (κ2) is 5.15. The molecule has 19 heavy (non-hydrogen) atoms.